The van der Waals surface area contributed by atoms with Crippen LogP contribution >= 0.6 is 0 Å². The summed E-state index contributed by atoms with van der Waals surface area (Å²) in [5.41, 5.74) is 1.31. The third-order valence-electron chi connectivity index (χ3n) is 2.43. The van der Waals surface area contributed by atoms with E-state index in [1.54, 1.807) is 38.3 Å². The van der Waals surface area contributed by atoms with Gasteiger partial charge in [0, 0.05) is 16.6 Å². The van der Waals surface area contributed by atoms with Crippen molar-refractivity contribution < 1.29 is 14.6 Å². The fourth-order valence-electron chi connectivity index (χ4n) is 1.58. The van der Waals surface area contributed by atoms with Crippen molar-refractivity contribution in [2.24, 2.45) is 0 Å². The third-order valence-corrected chi connectivity index (χ3v) is 2.43. The molecule has 0 radical (unpaired) electrons. The molecule has 1 aromatic carbocycles. The summed E-state index contributed by atoms with van der Waals surface area (Å²) in [4.78, 5) is 15.0. The average Bonchev–Trinajstić information content (AvgIpc) is 2.27. The van der Waals surface area contributed by atoms with Gasteiger partial charge in [0.05, 0.1) is 18.6 Å². The van der Waals surface area contributed by atoms with E-state index in [2.05, 4.69) is 4.98 Å². The molecule has 0 N–H and O–H groups in total. The Labute approximate surface area is 92.5 Å². The number of aromatic nitrogens is 1. The van der Waals surface area contributed by atoms with Crippen LogP contribution in [-0.2, 0) is 0 Å². The highest BCUT2D eigenvalue weighted by molar-refractivity contribution is 5.93. The number of carboxylic acid groups (broad SMARTS) is 1. The summed E-state index contributed by atoms with van der Waals surface area (Å²) in [5.74, 6) is -0.544. The molecule has 1 aromatic heterocycles. The highest BCUT2D eigenvalue weighted by Crippen LogP contribution is 2.21. The number of hydrogen-bond acceptors (Lipinski definition) is 4. The second-order valence-corrected chi connectivity index (χ2v) is 3.47. The van der Waals surface area contributed by atoms with E-state index >= 15 is 0 Å². The topological polar surface area (TPSA) is 62.2 Å². The number of fused-ring (bicyclic) bond motifs is 1. The van der Waals surface area contributed by atoms with Crippen molar-refractivity contribution in [1.82, 2.24) is 4.98 Å². The normalized spacial score (nSPS) is 10.4. The van der Waals surface area contributed by atoms with E-state index < -0.39 is 5.97 Å². The van der Waals surface area contributed by atoms with Gasteiger partial charge in [0.2, 0.25) is 0 Å². The first-order valence-electron chi connectivity index (χ1n) is 4.78. The SMILES string of the molecule is COc1ccc2nc(C)c(C(=O)[O-])cc2c1. The minimum atomic E-state index is -1.21. The molecule has 0 unspecified atom stereocenters. The molecular formula is C12H10NO3-. The van der Waals surface area contributed by atoms with E-state index in [1.807, 2.05) is 0 Å². The summed E-state index contributed by atoms with van der Waals surface area (Å²) in [5, 5.41) is 11.6. The lowest BCUT2D eigenvalue weighted by atomic mass is 10.1. The van der Waals surface area contributed by atoms with Gasteiger partial charge in [-0.05, 0) is 31.2 Å². The zero-order valence-corrected chi connectivity index (χ0v) is 8.98. The summed E-state index contributed by atoms with van der Waals surface area (Å²) in [7, 11) is 1.56. The number of aryl methyl sites for hydroxylation is 1. The van der Waals surface area contributed by atoms with Gasteiger partial charge in [0.25, 0.3) is 0 Å². The molecule has 16 heavy (non-hydrogen) atoms. The van der Waals surface area contributed by atoms with Gasteiger partial charge in [-0.25, -0.2) is 0 Å². The molecule has 1 heterocycles. The molecule has 4 heteroatoms. The molecule has 4 nitrogen and oxygen atoms in total. The molecule has 0 aliphatic rings. The van der Waals surface area contributed by atoms with Gasteiger partial charge in [-0.1, -0.05) is 0 Å². The number of pyridine rings is 1. The lowest BCUT2D eigenvalue weighted by Crippen LogP contribution is -2.23. The molecule has 82 valence electrons. The van der Waals surface area contributed by atoms with Crippen molar-refractivity contribution in [2.75, 3.05) is 7.11 Å². The predicted molar refractivity (Wildman–Crippen MR) is 57.4 cm³/mol. The number of benzene rings is 1. The average molecular weight is 216 g/mol. The van der Waals surface area contributed by atoms with Crippen molar-refractivity contribution >= 4 is 16.9 Å². The van der Waals surface area contributed by atoms with E-state index in [1.165, 1.54) is 0 Å². The van der Waals surface area contributed by atoms with E-state index in [4.69, 9.17) is 4.74 Å². The lowest BCUT2D eigenvalue weighted by Gasteiger charge is -2.08. The molecule has 0 fully saturated rings. The Morgan fingerprint density at radius 1 is 1.38 bits per heavy atom. The number of rotatable bonds is 2. The van der Waals surface area contributed by atoms with Gasteiger partial charge in [-0.2, -0.15) is 0 Å². The highest BCUT2D eigenvalue weighted by atomic mass is 16.5. The lowest BCUT2D eigenvalue weighted by molar-refractivity contribution is -0.255. The molecule has 0 amide bonds. The fraction of sp³-hybridized carbons (Fsp3) is 0.167. The Bertz CT molecular complexity index is 563. The standard InChI is InChI=1S/C12H11NO3/c1-7-10(12(14)15)6-8-5-9(16-2)3-4-11(8)13-7/h3-6H,1-2H3,(H,14,15)/p-1. The van der Waals surface area contributed by atoms with Crippen molar-refractivity contribution in [3.05, 3.63) is 35.5 Å². The minimum absolute atomic E-state index is 0.112. The zero-order valence-electron chi connectivity index (χ0n) is 8.98. The molecule has 0 saturated carbocycles. The number of aromatic carboxylic acids is 1. The minimum Gasteiger partial charge on any atom is -0.545 e. The Hall–Kier alpha value is -2.10. The van der Waals surface area contributed by atoms with Gasteiger partial charge < -0.3 is 14.6 Å². The van der Waals surface area contributed by atoms with Crippen molar-refractivity contribution in [1.29, 1.82) is 0 Å². The van der Waals surface area contributed by atoms with Crippen LogP contribution < -0.4 is 9.84 Å². The van der Waals surface area contributed by atoms with E-state index in [9.17, 15) is 9.90 Å². The number of nitrogens with zero attached hydrogens (tertiary/aromatic N) is 1. The molecule has 0 bridgehead atoms. The van der Waals surface area contributed by atoms with Crippen LogP contribution in [0.15, 0.2) is 24.3 Å². The van der Waals surface area contributed by atoms with Gasteiger partial charge in [-0.3, -0.25) is 4.98 Å². The predicted octanol–water partition coefficient (Wildman–Crippen LogP) is 0.915. The quantitative estimate of drug-likeness (QED) is 0.748. The molecule has 0 aliphatic carbocycles. The molecule has 0 aliphatic heterocycles. The van der Waals surface area contributed by atoms with E-state index in [0.29, 0.717) is 11.4 Å². The van der Waals surface area contributed by atoms with Crippen LogP contribution in [0.2, 0.25) is 0 Å². The first-order chi connectivity index (χ1) is 7.61. The summed E-state index contributed by atoms with van der Waals surface area (Å²) < 4.78 is 5.06. The Morgan fingerprint density at radius 3 is 2.75 bits per heavy atom. The number of hydrogen-bond donors (Lipinski definition) is 0. The fourth-order valence-corrected chi connectivity index (χ4v) is 1.58. The maximum Gasteiger partial charge on any atom is 0.119 e. The summed E-state index contributed by atoms with van der Waals surface area (Å²) in [6.07, 6.45) is 0. The molecule has 0 atom stereocenters. The highest BCUT2D eigenvalue weighted by Gasteiger charge is 2.04. The monoisotopic (exact) mass is 216 g/mol. The molecule has 0 saturated heterocycles. The van der Waals surface area contributed by atoms with Crippen LogP contribution in [0.4, 0.5) is 0 Å². The summed E-state index contributed by atoms with van der Waals surface area (Å²) in [6.45, 7) is 1.65. The van der Waals surface area contributed by atoms with Crippen LogP contribution in [-0.4, -0.2) is 18.1 Å². The number of ether oxygens (including phenoxy) is 1. The molecular weight excluding hydrogens is 206 g/mol. The van der Waals surface area contributed by atoms with Gasteiger partial charge in [0.1, 0.15) is 5.75 Å². The van der Waals surface area contributed by atoms with Gasteiger partial charge in [-0.15, -0.1) is 0 Å². The Morgan fingerprint density at radius 2 is 2.12 bits per heavy atom. The number of carbonyl (C=O) groups is 1. The number of carbonyl (C=O) groups excluding carboxylic acids is 1. The smallest absolute Gasteiger partial charge is 0.119 e. The first-order valence-corrected chi connectivity index (χ1v) is 4.78. The second-order valence-electron chi connectivity index (χ2n) is 3.47. The molecule has 0 spiro atoms. The third kappa shape index (κ3) is 1.69. The summed E-state index contributed by atoms with van der Waals surface area (Å²) in [6, 6.07) is 6.87. The van der Waals surface area contributed by atoms with Crippen LogP contribution in [0.1, 0.15) is 16.1 Å². The summed E-state index contributed by atoms with van der Waals surface area (Å²) >= 11 is 0. The Kier molecular flexibility index (Phi) is 2.48. The largest absolute Gasteiger partial charge is 0.545 e. The van der Waals surface area contributed by atoms with Gasteiger partial charge >= 0.3 is 0 Å². The van der Waals surface area contributed by atoms with Crippen LogP contribution in [0.25, 0.3) is 10.9 Å². The van der Waals surface area contributed by atoms with Crippen molar-refractivity contribution in [3.8, 4) is 5.75 Å². The molecule has 2 aromatic rings. The van der Waals surface area contributed by atoms with E-state index in [-0.39, 0.29) is 5.56 Å². The maximum absolute atomic E-state index is 10.8. The Balaban J connectivity index is 2.70. The molecule has 2 rings (SSSR count). The zero-order chi connectivity index (χ0) is 11.7. The second kappa shape index (κ2) is 3.81. The van der Waals surface area contributed by atoms with Crippen molar-refractivity contribution in [2.45, 2.75) is 6.92 Å². The first kappa shape index (κ1) is 10.4. The van der Waals surface area contributed by atoms with E-state index in [0.717, 1.165) is 10.9 Å². The van der Waals surface area contributed by atoms with Crippen LogP contribution in [0.5, 0.6) is 5.75 Å². The van der Waals surface area contributed by atoms with Crippen LogP contribution in [0, 0.1) is 6.92 Å². The van der Waals surface area contributed by atoms with Crippen molar-refractivity contribution in [3.63, 3.8) is 0 Å². The number of carboxylic acids is 1. The maximum atomic E-state index is 10.8. The van der Waals surface area contributed by atoms with Gasteiger partial charge in [0.15, 0.2) is 0 Å². The number of methoxy groups -OCH3 is 1. The van der Waals surface area contributed by atoms with Crippen LogP contribution in [0.3, 0.4) is 0 Å².